The fraction of sp³-hybridized carbons (Fsp3) is 0.250. The van der Waals surface area contributed by atoms with Gasteiger partial charge < -0.3 is 9.88 Å². The van der Waals surface area contributed by atoms with E-state index >= 15 is 0 Å². The molecule has 4 heteroatoms. The molecule has 0 saturated carbocycles. The Kier molecular flexibility index (Phi) is 1.46. The number of aryl methyl sites for hydroxylation is 1. The predicted molar refractivity (Wildman–Crippen MR) is 48.1 cm³/mol. The molecular formula is C8H10N4. The van der Waals surface area contributed by atoms with Crippen molar-refractivity contribution < 1.29 is 0 Å². The topological polar surface area (TPSA) is 42.7 Å². The highest BCUT2D eigenvalue weighted by atomic mass is 15.2. The van der Waals surface area contributed by atoms with E-state index < -0.39 is 0 Å². The van der Waals surface area contributed by atoms with Crippen molar-refractivity contribution in [3.63, 3.8) is 0 Å². The average molecular weight is 162 g/mol. The second-order valence-electron chi connectivity index (χ2n) is 2.61. The molecule has 0 radical (unpaired) electrons. The monoisotopic (exact) mass is 162 g/mol. The molecule has 4 nitrogen and oxygen atoms in total. The van der Waals surface area contributed by atoms with Crippen molar-refractivity contribution in [3.8, 4) is 0 Å². The summed E-state index contributed by atoms with van der Waals surface area (Å²) >= 11 is 0. The molecule has 2 heterocycles. The van der Waals surface area contributed by atoms with Crippen molar-refractivity contribution in [2.75, 3.05) is 12.4 Å². The third-order valence-corrected chi connectivity index (χ3v) is 1.91. The van der Waals surface area contributed by atoms with Crippen LogP contribution in [0.2, 0.25) is 0 Å². The van der Waals surface area contributed by atoms with E-state index in [1.165, 1.54) is 0 Å². The molecule has 0 spiro atoms. The van der Waals surface area contributed by atoms with Crippen LogP contribution in [0.1, 0.15) is 0 Å². The summed E-state index contributed by atoms with van der Waals surface area (Å²) in [5, 5.41) is 3.01. The van der Waals surface area contributed by atoms with Gasteiger partial charge in [-0.15, -0.1) is 0 Å². The van der Waals surface area contributed by atoms with Crippen molar-refractivity contribution in [2.45, 2.75) is 0 Å². The standard InChI is InChI=1S/C8H10N4/c1-9-8-11-6-3-4-10-5-7(6)12(8)2/h3-5H,1-2H3,(H,9,11). The lowest BCUT2D eigenvalue weighted by Crippen LogP contribution is -1.97. The van der Waals surface area contributed by atoms with E-state index in [1.807, 2.05) is 30.9 Å². The largest absolute Gasteiger partial charge is 0.359 e. The Morgan fingerprint density at radius 2 is 2.33 bits per heavy atom. The van der Waals surface area contributed by atoms with Crippen LogP contribution in [0, 0.1) is 0 Å². The first-order valence-corrected chi connectivity index (χ1v) is 3.77. The lowest BCUT2D eigenvalue weighted by atomic mass is 10.4. The van der Waals surface area contributed by atoms with Crippen LogP contribution < -0.4 is 5.32 Å². The van der Waals surface area contributed by atoms with Crippen LogP contribution in [0.15, 0.2) is 18.5 Å². The van der Waals surface area contributed by atoms with Gasteiger partial charge in [-0.3, -0.25) is 4.98 Å². The molecule has 0 bridgehead atoms. The molecule has 12 heavy (non-hydrogen) atoms. The van der Waals surface area contributed by atoms with Crippen molar-refractivity contribution in [1.82, 2.24) is 14.5 Å². The fourth-order valence-electron chi connectivity index (χ4n) is 1.26. The van der Waals surface area contributed by atoms with Crippen molar-refractivity contribution >= 4 is 17.0 Å². The Balaban J connectivity index is 2.78. The minimum Gasteiger partial charge on any atom is -0.359 e. The van der Waals surface area contributed by atoms with E-state index in [0.717, 1.165) is 17.0 Å². The number of anilines is 1. The van der Waals surface area contributed by atoms with Gasteiger partial charge in [0, 0.05) is 20.3 Å². The van der Waals surface area contributed by atoms with Gasteiger partial charge in [0.2, 0.25) is 5.95 Å². The zero-order valence-corrected chi connectivity index (χ0v) is 7.07. The molecule has 0 aromatic carbocycles. The van der Waals surface area contributed by atoms with Gasteiger partial charge in [-0.25, -0.2) is 4.98 Å². The van der Waals surface area contributed by atoms with Gasteiger partial charge in [0.25, 0.3) is 0 Å². The van der Waals surface area contributed by atoms with Gasteiger partial charge in [-0.1, -0.05) is 0 Å². The third kappa shape index (κ3) is 0.845. The van der Waals surface area contributed by atoms with Crippen molar-refractivity contribution in [2.24, 2.45) is 7.05 Å². The number of hydrogen-bond donors (Lipinski definition) is 1. The van der Waals surface area contributed by atoms with Crippen LogP contribution in [0.3, 0.4) is 0 Å². The number of nitrogens with zero attached hydrogens (tertiary/aromatic N) is 3. The van der Waals surface area contributed by atoms with Crippen LogP contribution in [0.5, 0.6) is 0 Å². The summed E-state index contributed by atoms with van der Waals surface area (Å²) in [5.41, 5.74) is 2.01. The molecule has 0 fully saturated rings. The average Bonchev–Trinajstić information content (AvgIpc) is 2.44. The second-order valence-corrected chi connectivity index (χ2v) is 2.61. The van der Waals surface area contributed by atoms with Gasteiger partial charge in [-0.05, 0) is 6.07 Å². The number of hydrogen-bond acceptors (Lipinski definition) is 3. The predicted octanol–water partition coefficient (Wildman–Crippen LogP) is 1.01. The van der Waals surface area contributed by atoms with Crippen molar-refractivity contribution in [3.05, 3.63) is 18.5 Å². The molecule has 0 atom stereocenters. The number of pyridine rings is 1. The van der Waals surface area contributed by atoms with E-state index in [4.69, 9.17) is 0 Å². The first kappa shape index (κ1) is 7.09. The Morgan fingerprint density at radius 3 is 3.00 bits per heavy atom. The molecule has 2 rings (SSSR count). The Morgan fingerprint density at radius 1 is 1.50 bits per heavy atom. The van der Waals surface area contributed by atoms with Gasteiger partial charge >= 0.3 is 0 Å². The maximum absolute atomic E-state index is 4.34. The van der Waals surface area contributed by atoms with Crippen LogP contribution in [-0.4, -0.2) is 21.6 Å². The molecule has 1 N–H and O–H groups in total. The summed E-state index contributed by atoms with van der Waals surface area (Å²) in [6.07, 6.45) is 3.55. The van der Waals surface area contributed by atoms with Crippen LogP contribution in [0.25, 0.3) is 11.0 Å². The summed E-state index contributed by atoms with van der Waals surface area (Å²) in [5.74, 6) is 0.859. The van der Waals surface area contributed by atoms with Crippen molar-refractivity contribution in [1.29, 1.82) is 0 Å². The first-order chi connectivity index (χ1) is 5.83. The molecule has 62 valence electrons. The Labute approximate surface area is 70.3 Å². The quantitative estimate of drug-likeness (QED) is 0.680. The highest BCUT2D eigenvalue weighted by Gasteiger charge is 2.03. The zero-order chi connectivity index (χ0) is 8.55. The first-order valence-electron chi connectivity index (χ1n) is 3.77. The number of fused-ring (bicyclic) bond motifs is 1. The van der Waals surface area contributed by atoms with Crippen LogP contribution in [0.4, 0.5) is 5.95 Å². The van der Waals surface area contributed by atoms with E-state index in [2.05, 4.69) is 15.3 Å². The molecule has 0 saturated heterocycles. The SMILES string of the molecule is CNc1nc2ccncc2n1C. The lowest BCUT2D eigenvalue weighted by Gasteiger charge is -1.98. The fourth-order valence-corrected chi connectivity index (χ4v) is 1.26. The van der Waals surface area contributed by atoms with Gasteiger partial charge in [0.05, 0.1) is 17.2 Å². The lowest BCUT2D eigenvalue weighted by molar-refractivity contribution is 0.950. The molecule has 0 aliphatic heterocycles. The minimum atomic E-state index is 0.859. The molecule has 2 aromatic heterocycles. The number of nitrogens with one attached hydrogen (secondary N) is 1. The number of aromatic nitrogens is 3. The minimum absolute atomic E-state index is 0.859. The smallest absolute Gasteiger partial charge is 0.203 e. The normalized spacial score (nSPS) is 10.5. The summed E-state index contributed by atoms with van der Waals surface area (Å²) in [6, 6.07) is 1.90. The third-order valence-electron chi connectivity index (χ3n) is 1.91. The number of rotatable bonds is 1. The molecule has 0 unspecified atom stereocenters. The molecule has 0 aliphatic rings. The molecular weight excluding hydrogens is 152 g/mol. The summed E-state index contributed by atoms with van der Waals surface area (Å²) in [7, 11) is 3.82. The number of imidazole rings is 1. The van der Waals surface area contributed by atoms with Gasteiger partial charge in [0.15, 0.2) is 0 Å². The maximum Gasteiger partial charge on any atom is 0.203 e. The summed E-state index contributed by atoms with van der Waals surface area (Å²) in [6.45, 7) is 0. The molecule has 2 aromatic rings. The summed E-state index contributed by atoms with van der Waals surface area (Å²) < 4.78 is 1.97. The molecule has 0 aliphatic carbocycles. The van der Waals surface area contributed by atoms with Gasteiger partial charge in [-0.2, -0.15) is 0 Å². The highest BCUT2D eigenvalue weighted by Crippen LogP contribution is 2.15. The van der Waals surface area contributed by atoms with Crippen LogP contribution in [-0.2, 0) is 7.05 Å². The Bertz CT molecular complexity index is 404. The van der Waals surface area contributed by atoms with E-state index in [9.17, 15) is 0 Å². The summed E-state index contributed by atoms with van der Waals surface area (Å²) in [4.78, 5) is 8.38. The highest BCUT2D eigenvalue weighted by molar-refractivity contribution is 5.77. The van der Waals surface area contributed by atoms with E-state index in [1.54, 1.807) is 6.20 Å². The Hall–Kier alpha value is -1.58. The zero-order valence-electron chi connectivity index (χ0n) is 7.07. The van der Waals surface area contributed by atoms with Gasteiger partial charge in [0.1, 0.15) is 0 Å². The molecule has 0 amide bonds. The van der Waals surface area contributed by atoms with E-state index in [0.29, 0.717) is 0 Å². The van der Waals surface area contributed by atoms with E-state index in [-0.39, 0.29) is 0 Å². The van der Waals surface area contributed by atoms with Crippen LogP contribution >= 0.6 is 0 Å². The maximum atomic E-state index is 4.34. The second kappa shape index (κ2) is 2.48.